The van der Waals surface area contributed by atoms with Gasteiger partial charge in [0.1, 0.15) is 4.83 Å². The number of nitrogens with one attached hydrogen (secondary N) is 1. The van der Waals surface area contributed by atoms with Crippen LogP contribution in [0.4, 0.5) is 18.9 Å². The topological polar surface area (TPSA) is 46.9 Å². The Morgan fingerprint density at radius 2 is 1.93 bits per heavy atom. The number of benzene rings is 2. The highest BCUT2D eigenvalue weighted by molar-refractivity contribution is 7.20. The lowest BCUT2D eigenvalue weighted by atomic mass is 10.2. The van der Waals surface area contributed by atoms with Gasteiger partial charge in [-0.15, -0.1) is 11.3 Å². The zero-order chi connectivity index (χ0) is 20.7. The number of rotatable bonds is 4. The van der Waals surface area contributed by atoms with Gasteiger partial charge in [0, 0.05) is 10.4 Å². The molecule has 2 heterocycles. The van der Waals surface area contributed by atoms with Crippen LogP contribution < -0.4 is 5.32 Å². The van der Waals surface area contributed by atoms with Gasteiger partial charge in [0.2, 0.25) is 0 Å². The van der Waals surface area contributed by atoms with Crippen molar-refractivity contribution in [2.45, 2.75) is 13.5 Å². The Kier molecular flexibility index (Phi) is 5.06. The van der Waals surface area contributed by atoms with E-state index in [9.17, 15) is 18.0 Å². The fourth-order valence-electron chi connectivity index (χ4n) is 2.93. The fraction of sp³-hybridized carbons (Fsp3) is 0.100. The third-order valence-corrected chi connectivity index (χ3v) is 5.91. The van der Waals surface area contributed by atoms with Gasteiger partial charge in [-0.25, -0.2) is 13.2 Å². The van der Waals surface area contributed by atoms with Crippen LogP contribution in [0.5, 0.6) is 0 Å². The van der Waals surface area contributed by atoms with Gasteiger partial charge in [-0.2, -0.15) is 5.10 Å². The zero-order valence-corrected chi connectivity index (χ0v) is 16.5. The molecule has 1 amide bonds. The first-order valence-electron chi connectivity index (χ1n) is 8.50. The van der Waals surface area contributed by atoms with Crippen molar-refractivity contribution >= 4 is 44.7 Å². The smallest absolute Gasteiger partial charge is 0.265 e. The van der Waals surface area contributed by atoms with Crippen LogP contribution >= 0.6 is 22.9 Å². The molecule has 9 heteroatoms. The Morgan fingerprint density at radius 3 is 2.69 bits per heavy atom. The number of amides is 1. The Labute approximate surface area is 172 Å². The molecule has 148 valence electrons. The maximum atomic E-state index is 13.8. The lowest BCUT2D eigenvalue weighted by molar-refractivity contribution is 0.103. The molecular weight excluding hydrogens is 423 g/mol. The minimum Gasteiger partial charge on any atom is -0.319 e. The van der Waals surface area contributed by atoms with Crippen LogP contribution in [0.25, 0.3) is 10.2 Å². The molecule has 0 aliphatic carbocycles. The number of anilines is 1. The van der Waals surface area contributed by atoms with Crippen LogP contribution in [-0.4, -0.2) is 15.7 Å². The first kappa shape index (κ1) is 19.5. The molecule has 1 N–H and O–H groups in total. The van der Waals surface area contributed by atoms with E-state index in [4.69, 9.17) is 11.6 Å². The molecule has 0 bridgehead atoms. The van der Waals surface area contributed by atoms with Crippen molar-refractivity contribution in [3.8, 4) is 0 Å². The summed E-state index contributed by atoms with van der Waals surface area (Å²) in [6.07, 6.45) is 0. The maximum absolute atomic E-state index is 13.8. The van der Waals surface area contributed by atoms with Crippen LogP contribution in [-0.2, 0) is 6.54 Å². The van der Waals surface area contributed by atoms with Gasteiger partial charge in [0.25, 0.3) is 5.91 Å². The third-order valence-electron chi connectivity index (χ3n) is 4.39. The molecule has 0 spiro atoms. The highest BCUT2D eigenvalue weighted by atomic mass is 35.5. The molecule has 2 aromatic heterocycles. The van der Waals surface area contributed by atoms with Crippen molar-refractivity contribution in [3.05, 3.63) is 81.1 Å². The molecule has 0 saturated heterocycles. The Balaban J connectivity index is 1.65. The van der Waals surface area contributed by atoms with Gasteiger partial charge in [0.05, 0.1) is 22.8 Å². The number of fused-ring (bicyclic) bond motifs is 1. The molecular formula is C20H13ClF3N3OS. The molecule has 2 aromatic carbocycles. The van der Waals surface area contributed by atoms with Crippen LogP contribution in [0.15, 0.2) is 42.5 Å². The number of carbonyl (C=O) groups is 1. The van der Waals surface area contributed by atoms with E-state index in [1.54, 1.807) is 16.8 Å². The SMILES string of the molecule is Cc1nn(Cc2ccccc2Cl)c2sc(C(=O)Nc3ccc(F)c(F)c3F)cc12. The highest BCUT2D eigenvalue weighted by Gasteiger charge is 2.20. The van der Waals surface area contributed by atoms with Gasteiger partial charge < -0.3 is 5.32 Å². The number of nitrogens with zero attached hydrogens (tertiary/aromatic N) is 2. The lowest BCUT2D eigenvalue weighted by Crippen LogP contribution is -2.12. The number of aromatic nitrogens is 2. The number of thiophene rings is 1. The summed E-state index contributed by atoms with van der Waals surface area (Å²) in [6.45, 7) is 2.23. The number of halogens is 4. The van der Waals surface area contributed by atoms with E-state index in [2.05, 4.69) is 10.4 Å². The van der Waals surface area contributed by atoms with Crippen molar-refractivity contribution in [2.75, 3.05) is 5.32 Å². The van der Waals surface area contributed by atoms with Crippen molar-refractivity contribution in [1.29, 1.82) is 0 Å². The van der Waals surface area contributed by atoms with Crippen LogP contribution in [0.1, 0.15) is 20.9 Å². The average molecular weight is 436 g/mol. The molecule has 0 aliphatic rings. The number of hydrogen-bond acceptors (Lipinski definition) is 3. The maximum Gasteiger partial charge on any atom is 0.265 e. The Morgan fingerprint density at radius 1 is 1.17 bits per heavy atom. The van der Waals surface area contributed by atoms with Crippen LogP contribution in [0.3, 0.4) is 0 Å². The first-order chi connectivity index (χ1) is 13.8. The van der Waals surface area contributed by atoms with Crippen molar-refractivity contribution < 1.29 is 18.0 Å². The molecule has 4 aromatic rings. The van der Waals surface area contributed by atoms with Crippen LogP contribution in [0, 0.1) is 24.4 Å². The Bertz CT molecular complexity index is 1250. The van der Waals surface area contributed by atoms with E-state index >= 15 is 0 Å². The van der Waals surface area contributed by atoms with Crippen LogP contribution in [0.2, 0.25) is 5.02 Å². The fourth-order valence-corrected chi connectivity index (χ4v) is 4.18. The minimum atomic E-state index is -1.63. The number of aryl methyl sites for hydroxylation is 1. The zero-order valence-electron chi connectivity index (χ0n) is 15.0. The van der Waals surface area contributed by atoms with Crippen molar-refractivity contribution in [3.63, 3.8) is 0 Å². The molecule has 0 fully saturated rings. The molecule has 0 radical (unpaired) electrons. The molecule has 0 saturated carbocycles. The number of carbonyl (C=O) groups excluding carboxylic acids is 1. The molecule has 4 nitrogen and oxygen atoms in total. The lowest BCUT2D eigenvalue weighted by Gasteiger charge is -2.06. The Hall–Kier alpha value is -2.84. The predicted molar refractivity (Wildman–Crippen MR) is 107 cm³/mol. The van der Waals surface area contributed by atoms with E-state index < -0.39 is 29.0 Å². The second-order valence-corrected chi connectivity index (χ2v) is 7.78. The molecule has 0 aliphatic heterocycles. The molecule has 0 atom stereocenters. The van der Waals surface area contributed by atoms with E-state index in [1.165, 1.54) is 11.3 Å². The summed E-state index contributed by atoms with van der Waals surface area (Å²) in [6, 6.07) is 10.7. The molecule has 4 rings (SSSR count). The van der Waals surface area contributed by atoms with E-state index in [0.717, 1.165) is 33.6 Å². The summed E-state index contributed by atoms with van der Waals surface area (Å²) < 4.78 is 42.0. The monoisotopic (exact) mass is 435 g/mol. The molecule has 29 heavy (non-hydrogen) atoms. The second kappa shape index (κ2) is 7.53. The van der Waals surface area contributed by atoms with E-state index in [-0.39, 0.29) is 4.88 Å². The third kappa shape index (κ3) is 3.61. The second-order valence-electron chi connectivity index (χ2n) is 6.34. The van der Waals surface area contributed by atoms with Gasteiger partial charge >= 0.3 is 0 Å². The van der Waals surface area contributed by atoms with Gasteiger partial charge in [0.15, 0.2) is 17.5 Å². The summed E-state index contributed by atoms with van der Waals surface area (Å²) in [5.41, 5.74) is 1.17. The normalized spacial score (nSPS) is 11.2. The summed E-state index contributed by atoms with van der Waals surface area (Å²) in [5, 5.41) is 8.16. The summed E-state index contributed by atoms with van der Waals surface area (Å²) in [5.74, 6) is -5.02. The largest absolute Gasteiger partial charge is 0.319 e. The van der Waals surface area contributed by atoms with Crippen molar-refractivity contribution in [1.82, 2.24) is 9.78 Å². The van der Waals surface area contributed by atoms with Gasteiger partial charge in [-0.05, 0) is 36.8 Å². The molecule has 0 unspecified atom stereocenters. The highest BCUT2D eigenvalue weighted by Crippen LogP contribution is 2.30. The summed E-state index contributed by atoms with van der Waals surface area (Å²) in [7, 11) is 0. The summed E-state index contributed by atoms with van der Waals surface area (Å²) >= 11 is 7.39. The van der Waals surface area contributed by atoms with Gasteiger partial charge in [-0.1, -0.05) is 29.8 Å². The first-order valence-corrected chi connectivity index (χ1v) is 9.70. The standard InChI is InChI=1S/C20H13ClF3N3OS/c1-10-12-8-16(19(28)25-15-7-6-14(22)17(23)18(15)24)29-20(12)27(26-10)9-11-4-2-3-5-13(11)21/h2-8H,9H2,1H3,(H,25,28). The number of hydrogen-bond donors (Lipinski definition) is 1. The minimum absolute atomic E-state index is 0.289. The predicted octanol–water partition coefficient (Wildman–Crippen LogP) is 5.78. The quantitative estimate of drug-likeness (QED) is 0.413. The van der Waals surface area contributed by atoms with Gasteiger partial charge in [-0.3, -0.25) is 9.48 Å². The van der Waals surface area contributed by atoms with E-state index in [1.807, 2.05) is 25.1 Å². The van der Waals surface area contributed by atoms with E-state index in [0.29, 0.717) is 11.6 Å². The van der Waals surface area contributed by atoms with Crippen molar-refractivity contribution in [2.24, 2.45) is 0 Å². The summed E-state index contributed by atoms with van der Waals surface area (Å²) in [4.78, 5) is 13.6. The average Bonchev–Trinajstić information content (AvgIpc) is 3.26.